The fourth-order valence-electron chi connectivity index (χ4n) is 3.55. The van der Waals surface area contributed by atoms with Crippen LogP contribution in [0.15, 0.2) is 36.4 Å². The molecule has 2 aromatic carbocycles. The molecule has 0 saturated carbocycles. The number of carbonyl (C=O) groups excluding carboxylic acids is 2. The number of nitrogens with zero attached hydrogens (tertiary/aromatic N) is 3. The quantitative estimate of drug-likeness (QED) is 0.395. The number of fused-ring (bicyclic) bond motifs is 1. The number of thiazole rings is 1. The molecule has 0 spiro atoms. The molecule has 4 rings (SSSR count). The highest BCUT2D eigenvalue weighted by atomic mass is 32.1. The first kappa shape index (κ1) is 22.6. The molecule has 1 aromatic heterocycles. The number of aromatic nitrogens is 1. The van der Waals surface area contributed by atoms with Gasteiger partial charge in [0.15, 0.2) is 5.13 Å². The van der Waals surface area contributed by atoms with E-state index in [2.05, 4.69) is 15.6 Å². The van der Waals surface area contributed by atoms with Crippen LogP contribution in [0.25, 0.3) is 10.2 Å². The highest BCUT2D eigenvalue weighted by Gasteiger charge is 2.23. The van der Waals surface area contributed by atoms with Gasteiger partial charge in [-0.2, -0.15) is 0 Å². The van der Waals surface area contributed by atoms with Crippen molar-refractivity contribution in [2.24, 2.45) is 0 Å². The number of amides is 2. The molecule has 0 aliphatic carbocycles. The molecule has 0 atom stereocenters. The number of anilines is 3. The smallest absolute Gasteiger partial charge is 0.293 e. The van der Waals surface area contributed by atoms with Crippen molar-refractivity contribution >= 4 is 55.6 Å². The molecule has 0 unspecified atom stereocenters. The molecule has 11 heteroatoms. The van der Waals surface area contributed by atoms with Gasteiger partial charge in [-0.1, -0.05) is 18.3 Å². The molecule has 1 fully saturated rings. The third-order valence-electron chi connectivity index (χ3n) is 5.16. The van der Waals surface area contributed by atoms with E-state index in [9.17, 15) is 19.7 Å². The molecule has 33 heavy (non-hydrogen) atoms. The molecule has 172 valence electrons. The van der Waals surface area contributed by atoms with Gasteiger partial charge in [0.1, 0.15) is 5.69 Å². The Hall–Kier alpha value is -3.57. The molecule has 2 amide bonds. The van der Waals surface area contributed by atoms with Crippen LogP contribution in [0.2, 0.25) is 0 Å². The Labute approximate surface area is 193 Å². The van der Waals surface area contributed by atoms with Gasteiger partial charge in [0.25, 0.3) is 11.6 Å². The number of benzene rings is 2. The van der Waals surface area contributed by atoms with Crippen molar-refractivity contribution in [2.75, 3.05) is 41.8 Å². The number of rotatable bonds is 7. The van der Waals surface area contributed by atoms with Gasteiger partial charge in [0, 0.05) is 36.8 Å². The van der Waals surface area contributed by atoms with Crippen molar-refractivity contribution < 1.29 is 19.2 Å². The second-order valence-corrected chi connectivity index (χ2v) is 8.54. The lowest BCUT2D eigenvalue weighted by Crippen LogP contribution is -2.36. The fraction of sp³-hybridized carbons (Fsp3) is 0.318. The zero-order valence-corrected chi connectivity index (χ0v) is 18.8. The van der Waals surface area contributed by atoms with Crippen LogP contribution in [0.3, 0.4) is 0 Å². The van der Waals surface area contributed by atoms with E-state index >= 15 is 0 Å². The second-order valence-electron chi connectivity index (χ2n) is 7.51. The largest absolute Gasteiger partial charge is 0.378 e. The van der Waals surface area contributed by atoms with Gasteiger partial charge in [-0.05, 0) is 36.8 Å². The maximum Gasteiger partial charge on any atom is 0.293 e. The first-order valence-electron chi connectivity index (χ1n) is 10.6. The summed E-state index contributed by atoms with van der Waals surface area (Å²) >= 11 is 1.31. The van der Waals surface area contributed by atoms with Crippen LogP contribution in [-0.2, 0) is 9.53 Å². The van der Waals surface area contributed by atoms with Gasteiger partial charge in [-0.25, -0.2) is 4.98 Å². The van der Waals surface area contributed by atoms with Crippen LogP contribution >= 0.6 is 11.3 Å². The van der Waals surface area contributed by atoms with E-state index in [0.29, 0.717) is 54.7 Å². The topological polar surface area (TPSA) is 127 Å². The van der Waals surface area contributed by atoms with Crippen LogP contribution in [-0.4, -0.2) is 48.0 Å². The number of ether oxygens (including phenoxy) is 1. The Bertz CT molecular complexity index is 1210. The summed E-state index contributed by atoms with van der Waals surface area (Å²) in [5.74, 6) is -0.542. The Kier molecular flexibility index (Phi) is 6.80. The van der Waals surface area contributed by atoms with E-state index in [1.807, 2.05) is 11.8 Å². The van der Waals surface area contributed by atoms with Crippen molar-refractivity contribution in [2.45, 2.75) is 19.8 Å². The summed E-state index contributed by atoms with van der Waals surface area (Å²) in [6, 6.07) is 9.70. The van der Waals surface area contributed by atoms with Gasteiger partial charge >= 0.3 is 0 Å². The summed E-state index contributed by atoms with van der Waals surface area (Å²) in [5.41, 5.74) is 1.78. The van der Waals surface area contributed by atoms with Gasteiger partial charge in [-0.15, -0.1) is 0 Å². The number of morpholine rings is 1. The van der Waals surface area contributed by atoms with Crippen LogP contribution < -0.4 is 15.5 Å². The van der Waals surface area contributed by atoms with Gasteiger partial charge in [-0.3, -0.25) is 19.7 Å². The number of nitro groups is 1. The predicted molar refractivity (Wildman–Crippen MR) is 127 cm³/mol. The Morgan fingerprint density at radius 1 is 1.18 bits per heavy atom. The number of hydrogen-bond donors (Lipinski definition) is 2. The van der Waals surface area contributed by atoms with Gasteiger partial charge in [0.05, 0.1) is 28.4 Å². The zero-order chi connectivity index (χ0) is 23.4. The third kappa shape index (κ3) is 5.26. The first-order valence-corrected chi connectivity index (χ1v) is 11.4. The second kappa shape index (κ2) is 9.92. The normalized spacial score (nSPS) is 13.7. The maximum atomic E-state index is 12.8. The maximum absolute atomic E-state index is 12.8. The van der Waals surface area contributed by atoms with Crippen molar-refractivity contribution in [3.8, 4) is 0 Å². The molecule has 2 N–H and O–H groups in total. The lowest BCUT2D eigenvalue weighted by atomic mass is 10.1. The van der Waals surface area contributed by atoms with E-state index in [1.165, 1.54) is 17.4 Å². The van der Waals surface area contributed by atoms with Gasteiger partial charge < -0.3 is 20.3 Å². The van der Waals surface area contributed by atoms with E-state index in [-0.39, 0.29) is 17.2 Å². The fourth-order valence-corrected chi connectivity index (χ4v) is 4.47. The minimum atomic E-state index is -0.473. The molecule has 0 radical (unpaired) electrons. The lowest BCUT2D eigenvalue weighted by Gasteiger charge is -2.28. The van der Waals surface area contributed by atoms with Crippen molar-refractivity contribution in [3.05, 3.63) is 52.1 Å². The highest BCUT2D eigenvalue weighted by Crippen LogP contribution is 2.31. The third-order valence-corrected chi connectivity index (χ3v) is 6.09. The standard InChI is InChI=1S/C22H23N5O5S/c1-2-3-20(28)25-22-24-16-6-5-15(13-19(16)33-22)23-21(29)14-4-7-17(18(12-14)27(30)31)26-8-10-32-11-9-26/h4-7,12-13H,2-3,8-11H2,1H3,(H,23,29)(H,24,25,28). The summed E-state index contributed by atoms with van der Waals surface area (Å²) in [6.45, 7) is 4.05. The molecule has 3 aromatic rings. The predicted octanol–water partition coefficient (Wildman–Crippen LogP) is 4.03. The number of carbonyl (C=O) groups is 2. The van der Waals surface area contributed by atoms with E-state index in [4.69, 9.17) is 4.74 Å². The molecule has 2 heterocycles. The van der Waals surface area contributed by atoms with Crippen LogP contribution in [0.5, 0.6) is 0 Å². The van der Waals surface area contributed by atoms with E-state index in [1.54, 1.807) is 30.3 Å². The zero-order valence-electron chi connectivity index (χ0n) is 18.0. The van der Waals surface area contributed by atoms with Crippen molar-refractivity contribution in [3.63, 3.8) is 0 Å². The summed E-state index contributed by atoms with van der Waals surface area (Å²) < 4.78 is 6.11. The molecule has 1 aliphatic rings. The Morgan fingerprint density at radius 3 is 2.70 bits per heavy atom. The average molecular weight is 470 g/mol. The molecule has 1 aliphatic heterocycles. The number of nitro benzene ring substituents is 1. The van der Waals surface area contributed by atoms with Crippen LogP contribution in [0.1, 0.15) is 30.1 Å². The van der Waals surface area contributed by atoms with E-state index in [0.717, 1.165) is 11.1 Å². The Balaban J connectivity index is 1.51. The summed E-state index contributed by atoms with van der Waals surface area (Å²) in [7, 11) is 0. The summed E-state index contributed by atoms with van der Waals surface area (Å²) in [4.78, 5) is 42.0. The first-order chi connectivity index (χ1) is 15.9. The molecule has 1 saturated heterocycles. The van der Waals surface area contributed by atoms with Crippen LogP contribution in [0, 0.1) is 10.1 Å². The lowest BCUT2D eigenvalue weighted by molar-refractivity contribution is -0.384. The van der Waals surface area contributed by atoms with Crippen molar-refractivity contribution in [1.82, 2.24) is 4.98 Å². The van der Waals surface area contributed by atoms with Crippen molar-refractivity contribution in [1.29, 1.82) is 0 Å². The summed E-state index contributed by atoms with van der Waals surface area (Å²) in [5, 5.41) is 17.7. The molecule has 0 bridgehead atoms. The van der Waals surface area contributed by atoms with Crippen LogP contribution in [0.4, 0.5) is 22.2 Å². The minimum absolute atomic E-state index is 0.0906. The summed E-state index contributed by atoms with van der Waals surface area (Å²) in [6.07, 6.45) is 1.17. The number of hydrogen-bond acceptors (Lipinski definition) is 8. The Morgan fingerprint density at radius 2 is 1.97 bits per heavy atom. The SMILES string of the molecule is CCCC(=O)Nc1nc2ccc(NC(=O)c3ccc(N4CCOCC4)c([N+](=O)[O-])c3)cc2s1. The van der Waals surface area contributed by atoms with Gasteiger partial charge in [0.2, 0.25) is 5.91 Å². The average Bonchev–Trinajstić information content (AvgIpc) is 3.20. The minimum Gasteiger partial charge on any atom is -0.378 e. The van der Waals surface area contributed by atoms with E-state index < -0.39 is 10.8 Å². The molecule has 10 nitrogen and oxygen atoms in total. The highest BCUT2D eigenvalue weighted by molar-refractivity contribution is 7.22. The number of nitrogens with one attached hydrogen (secondary N) is 2. The molecular weight excluding hydrogens is 446 g/mol. The molecular formula is C22H23N5O5S. The monoisotopic (exact) mass is 469 g/mol.